The molecule has 0 aliphatic carbocycles. The Morgan fingerprint density at radius 3 is 2.45 bits per heavy atom. The number of hydrogen-bond acceptors (Lipinski definition) is 4. The highest BCUT2D eigenvalue weighted by Crippen LogP contribution is 2.04. The van der Waals surface area contributed by atoms with E-state index in [1.165, 1.54) is 0 Å². The smallest absolute Gasteiger partial charge is 0.324 e. The van der Waals surface area contributed by atoms with Crippen LogP contribution >= 0.6 is 11.6 Å². The van der Waals surface area contributed by atoms with Crippen molar-refractivity contribution in [1.82, 2.24) is 0 Å². The Balaban J connectivity index is 4.09. The Morgan fingerprint density at radius 1 is 1.73 bits per heavy atom. The van der Waals surface area contributed by atoms with Crippen LogP contribution in [0, 0.1) is 0 Å². The van der Waals surface area contributed by atoms with E-state index in [0.29, 0.717) is 0 Å². The molecule has 1 unspecified atom stereocenters. The summed E-state index contributed by atoms with van der Waals surface area (Å²) in [5.74, 6) is -2.02. The molecule has 11 heavy (non-hydrogen) atoms. The van der Waals surface area contributed by atoms with Crippen molar-refractivity contribution >= 4 is 27.8 Å². The Kier molecular flexibility index (Phi) is 3.74. The van der Waals surface area contributed by atoms with Crippen molar-refractivity contribution < 1.29 is 21.8 Å². The molecule has 1 atom stereocenters. The van der Waals surface area contributed by atoms with Gasteiger partial charge in [-0.15, -0.1) is 15.5 Å². The second-order valence-corrected chi connectivity index (χ2v) is 3.63. The lowest BCUT2D eigenvalue weighted by atomic mass is 10.5. The minimum Gasteiger partial charge on any atom is -0.468 e. The second kappa shape index (κ2) is 3.87. The number of alkyl halides is 1. The fraction of sp³-hybridized carbons (Fsp3) is 0.750. The molecular weight excluding hydrogens is 199 g/mol. The van der Waals surface area contributed by atoms with E-state index in [1.54, 1.807) is 0 Å². The van der Waals surface area contributed by atoms with Gasteiger partial charge in [0.2, 0.25) is 0 Å². The minimum atomic E-state index is -4.71. The van der Waals surface area contributed by atoms with Gasteiger partial charge in [-0.05, 0) is 0 Å². The summed E-state index contributed by atoms with van der Waals surface area (Å²) < 4.78 is 35.7. The topological polar surface area (TPSA) is 60.4 Å². The number of rotatable bonds is 3. The molecule has 7 heteroatoms. The molecule has 0 aliphatic rings. The predicted molar refractivity (Wildman–Crippen MR) is 36.6 cm³/mol. The molecule has 0 aromatic heterocycles. The molecule has 0 amide bonds. The molecule has 66 valence electrons. The fourth-order valence-electron chi connectivity index (χ4n) is 0.371. The van der Waals surface area contributed by atoms with Crippen LogP contribution < -0.4 is 0 Å². The molecule has 4 nitrogen and oxygen atoms in total. The highest BCUT2D eigenvalue weighted by Gasteiger charge is 2.23. The molecule has 0 aliphatic heterocycles. The molecule has 0 radical (unpaired) electrons. The van der Waals surface area contributed by atoms with Gasteiger partial charge in [-0.2, -0.15) is 8.42 Å². The van der Waals surface area contributed by atoms with Gasteiger partial charge in [0.25, 0.3) is 0 Å². The highest BCUT2D eigenvalue weighted by atomic mass is 35.5. The summed E-state index contributed by atoms with van der Waals surface area (Å²) in [5.41, 5.74) is 0. The van der Waals surface area contributed by atoms with Gasteiger partial charge in [0.15, 0.2) is 0 Å². The average Bonchev–Trinajstić information content (AvgIpc) is 1.82. The molecule has 0 bridgehead atoms. The summed E-state index contributed by atoms with van der Waals surface area (Å²) in [7, 11) is -3.68. The van der Waals surface area contributed by atoms with E-state index in [1.807, 2.05) is 0 Å². The van der Waals surface area contributed by atoms with Crippen LogP contribution in [-0.4, -0.2) is 32.6 Å². The molecule has 0 aromatic rings. The van der Waals surface area contributed by atoms with Crippen LogP contribution in [0.3, 0.4) is 0 Å². The third-order valence-corrected chi connectivity index (χ3v) is 2.05. The summed E-state index contributed by atoms with van der Waals surface area (Å²) in [6, 6.07) is 0. The summed E-state index contributed by atoms with van der Waals surface area (Å²) in [6.07, 6.45) is 0. The number of hydrogen-bond donors (Lipinski definition) is 0. The first-order valence-corrected chi connectivity index (χ1v) is 4.50. The summed E-state index contributed by atoms with van der Waals surface area (Å²) in [4.78, 5) is 10.4. The standard InChI is InChI=1S/C4H6ClFO4S/c1-10-4(7)3(5)2-11(6,8)9/h3H,2H2,1H3. The van der Waals surface area contributed by atoms with Crippen molar-refractivity contribution in [1.29, 1.82) is 0 Å². The maximum atomic E-state index is 11.8. The first-order valence-electron chi connectivity index (χ1n) is 2.51. The van der Waals surface area contributed by atoms with Gasteiger partial charge in [-0.1, -0.05) is 0 Å². The van der Waals surface area contributed by atoms with E-state index in [0.717, 1.165) is 7.11 Å². The number of halogens is 2. The SMILES string of the molecule is COC(=O)C(Cl)CS(=O)(=O)F. The third kappa shape index (κ3) is 4.97. The lowest BCUT2D eigenvalue weighted by Crippen LogP contribution is -2.23. The van der Waals surface area contributed by atoms with Crippen LogP contribution in [0.1, 0.15) is 0 Å². The maximum Gasteiger partial charge on any atom is 0.324 e. The van der Waals surface area contributed by atoms with Crippen molar-refractivity contribution in [2.75, 3.05) is 12.9 Å². The van der Waals surface area contributed by atoms with Crippen LogP contribution in [0.5, 0.6) is 0 Å². The van der Waals surface area contributed by atoms with Gasteiger partial charge in [-0.3, -0.25) is 4.79 Å². The second-order valence-electron chi connectivity index (χ2n) is 1.70. The molecule has 0 N–H and O–H groups in total. The lowest BCUT2D eigenvalue weighted by Gasteiger charge is -2.02. The highest BCUT2D eigenvalue weighted by molar-refractivity contribution is 7.86. The van der Waals surface area contributed by atoms with Crippen LogP contribution in [0.25, 0.3) is 0 Å². The summed E-state index contributed by atoms with van der Waals surface area (Å²) in [5, 5.41) is -1.48. The van der Waals surface area contributed by atoms with Gasteiger partial charge < -0.3 is 4.74 Å². The largest absolute Gasteiger partial charge is 0.468 e. The zero-order valence-corrected chi connectivity index (χ0v) is 7.15. The van der Waals surface area contributed by atoms with E-state index in [9.17, 15) is 17.1 Å². The number of carbonyl (C=O) groups excluding carboxylic acids is 1. The van der Waals surface area contributed by atoms with Crippen molar-refractivity contribution in [2.24, 2.45) is 0 Å². The normalized spacial score (nSPS) is 14.1. The molecule has 0 spiro atoms. The van der Waals surface area contributed by atoms with Gasteiger partial charge in [0.1, 0.15) is 11.1 Å². The minimum absolute atomic E-state index is 0.965. The molecule has 0 rings (SSSR count). The first kappa shape index (κ1) is 10.6. The van der Waals surface area contributed by atoms with E-state index in [4.69, 9.17) is 11.6 Å². The molecule has 0 aromatic carbocycles. The van der Waals surface area contributed by atoms with Crippen molar-refractivity contribution in [3.8, 4) is 0 Å². The van der Waals surface area contributed by atoms with E-state index in [-0.39, 0.29) is 0 Å². The molecule has 0 heterocycles. The number of methoxy groups -OCH3 is 1. The van der Waals surface area contributed by atoms with E-state index < -0.39 is 27.3 Å². The zero-order valence-electron chi connectivity index (χ0n) is 5.58. The van der Waals surface area contributed by atoms with Crippen LogP contribution in [0.2, 0.25) is 0 Å². The lowest BCUT2D eigenvalue weighted by molar-refractivity contribution is -0.139. The van der Waals surface area contributed by atoms with Crippen molar-refractivity contribution in [2.45, 2.75) is 5.38 Å². The van der Waals surface area contributed by atoms with Gasteiger partial charge in [-0.25, -0.2) is 0 Å². The van der Waals surface area contributed by atoms with Gasteiger partial charge in [0, 0.05) is 0 Å². The van der Waals surface area contributed by atoms with E-state index in [2.05, 4.69) is 4.74 Å². The molecule has 0 saturated heterocycles. The third-order valence-electron chi connectivity index (χ3n) is 0.802. The van der Waals surface area contributed by atoms with Crippen LogP contribution in [-0.2, 0) is 19.8 Å². The number of carbonyl (C=O) groups is 1. The molecule has 0 fully saturated rings. The maximum absolute atomic E-state index is 11.8. The first-order chi connectivity index (χ1) is 4.87. The van der Waals surface area contributed by atoms with Gasteiger partial charge in [0.05, 0.1) is 7.11 Å². The summed E-state index contributed by atoms with van der Waals surface area (Å²) in [6.45, 7) is 0. The Hall–Kier alpha value is -0.360. The van der Waals surface area contributed by atoms with E-state index >= 15 is 0 Å². The number of esters is 1. The number of ether oxygens (including phenoxy) is 1. The Bertz CT molecular complexity index is 236. The van der Waals surface area contributed by atoms with Crippen molar-refractivity contribution in [3.05, 3.63) is 0 Å². The molecular formula is C4H6ClFO4S. The Labute approximate surface area is 68.5 Å². The predicted octanol–water partition coefficient (Wildman–Crippen LogP) is 0.0661. The van der Waals surface area contributed by atoms with Gasteiger partial charge >= 0.3 is 16.2 Å². The molecule has 0 saturated carbocycles. The zero-order chi connectivity index (χ0) is 9.07. The Morgan fingerprint density at radius 2 is 2.18 bits per heavy atom. The quantitative estimate of drug-likeness (QED) is 0.371. The van der Waals surface area contributed by atoms with Crippen LogP contribution in [0.4, 0.5) is 3.89 Å². The van der Waals surface area contributed by atoms with Crippen LogP contribution in [0.15, 0.2) is 0 Å². The fourth-order valence-corrected chi connectivity index (χ4v) is 1.40. The monoisotopic (exact) mass is 204 g/mol. The van der Waals surface area contributed by atoms with Crippen molar-refractivity contribution in [3.63, 3.8) is 0 Å². The average molecular weight is 205 g/mol. The summed E-state index contributed by atoms with van der Waals surface area (Å²) >= 11 is 5.12.